The minimum atomic E-state index is -0.174. The van der Waals surface area contributed by atoms with Crippen molar-refractivity contribution in [2.24, 2.45) is 5.73 Å². The molecule has 2 aromatic rings. The number of hydrogen-bond acceptors (Lipinski definition) is 5. The molecule has 2 heterocycles. The van der Waals surface area contributed by atoms with Crippen LogP contribution in [0.15, 0.2) is 27.2 Å². The fourth-order valence-electron chi connectivity index (χ4n) is 1.92. The Morgan fingerprint density at radius 1 is 1.50 bits per heavy atom. The van der Waals surface area contributed by atoms with Gasteiger partial charge in [0.05, 0.1) is 0 Å². The van der Waals surface area contributed by atoms with Crippen LogP contribution in [-0.4, -0.2) is 26.3 Å². The molecule has 0 aromatic carbocycles. The molecule has 0 fully saturated rings. The molecular weight excluding hydrogens is 274 g/mol. The Balaban J connectivity index is 2.24. The number of aromatic amines is 1. The molecule has 0 aliphatic rings. The first-order valence-electron chi connectivity index (χ1n) is 6.64. The average Bonchev–Trinajstić information content (AvgIpc) is 2.75. The van der Waals surface area contributed by atoms with Crippen molar-refractivity contribution in [1.29, 1.82) is 0 Å². The Morgan fingerprint density at radius 2 is 2.30 bits per heavy atom. The maximum atomic E-state index is 11.6. The summed E-state index contributed by atoms with van der Waals surface area (Å²) in [6.07, 6.45) is 3.54. The molecular formula is C13H19N5OS. The molecule has 0 aliphatic carbocycles. The van der Waals surface area contributed by atoms with Gasteiger partial charge in [-0.1, -0.05) is 13.0 Å². The summed E-state index contributed by atoms with van der Waals surface area (Å²) in [7, 11) is 0. The van der Waals surface area contributed by atoms with Gasteiger partial charge in [0, 0.05) is 12.7 Å². The van der Waals surface area contributed by atoms with Gasteiger partial charge in [0.15, 0.2) is 5.16 Å². The van der Waals surface area contributed by atoms with Gasteiger partial charge in [-0.15, -0.1) is 5.10 Å². The summed E-state index contributed by atoms with van der Waals surface area (Å²) in [4.78, 5) is 16.1. The highest BCUT2D eigenvalue weighted by Crippen LogP contribution is 2.26. The largest absolute Gasteiger partial charge is 0.343 e. The third kappa shape index (κ3) is 3.29. The summed E-state index contributed by atoms with van der Waals surface area (Å²) in [5.74, 6) is 0. The normalized spacial score (nSPS) is 10.9. The van der Waals surface area contributed by atoms with E-state index in [9.17, 15) is 4.79 Å². The van der Waals surface area contributed by atoms with Crippen molar-refractivity contribution in [3.8, 4) is 0 Å². The highest BCUT2D eigenvalue weighted by Gasteiger charge is 2.12. The summed E-state index contributed by atoms with van der Waals surface area (Å²) in [6.45, 7) is 5.30. The van der Waals surface area contributed by atoms with E-state index in [4.69, 9.17) is 5.73 Å². The zero-order chi connectivity index (χ0) is 14.5. The van der Waals surface area contributed by atoms with E-state index in [1.54, 1.807) is 4.57 Å². The lowest BCUT2D eigenvalue weighted by atomic mass is 10.2. The Bertz CT molecular complexity index is 634. The lowest BCUT2D eigenvalue weighted by molar-refractivity contribution is 0.603. The number of aryl methyl sites for hydroxylation is 1. The van der Waals surface area contributed by atoms with Crippen molar-refractivity contribution < 1.29 is 0 Å². The zero-order valence-electron chi connectivity index (χ0n) is 11.7. The average molecular weight is 293 g/mol. The van der Waals surface area contributed by atoms with E-state index in [0.29, 0.717) is 18.2 Å². The van der Waals surface area contributed by atoms with E-state index in [1.807, 2.05) is 20.0 Å². The first kappa shape index (κ1) is 14.8. The molecule has 0 aliphatic heterocycles. The third-order valence-corrected chi connectivity index (χ3v) is 3.99. The SMILES string of the molecule is CCCn1c(Sc2ncc(CCN)cc2C)n[nH]c1=O. The van der Waals surface area contributed by atoms with E-state index in [-0.39, 0.29) is 5.69 Å². The van der Waals surface area contributed by atoms with Crippen LogP contribution in [0.5, 0.6) is 0 Å². The van der Waals surface area contributed by atoms with E-state index < -0.39 is 0 Å². The Labute approximate surface area is 121 Å². The van der Waals surface area contributed by atoms with E-state index in [1.165, 1.54) is 11.8 Å². The molecule has 6 nitrogen and oxygen atoms in total. The third-order valence-electron chi connectivity index (χ3n) is 2.88. The lowest BCUT2D eigenvalue weighted by Crippen LogP contribution is -2.17. The molecule has 2 rings (SSSR count). The molecule has 0 atom stereocenters. The minimum Gasteiger partial charge on any atom is -0.330 e. The Hall–Kier alpha value is -1.60. The maximum absolute atomic E-state index is 11.6. The molecule has 0 saturated carbocycles. The van der Waals surface area contributed by atoms with Crippen LogP contribution in [0.3, 0.4) is 0 Å². The predicted octanol–water partition coefficient (Wildman–Crippen LogP) is 1.34. The van der Waals surface area contributed by atoms with Gasteiger partial charge in [0.25, 0.3) is 0 Å². The summed E-state index contributed by atoms with van der Waals surface area (Å²) < 4.78 is 1.64. The zero-order valence-corrected chi connectivity index (χ0v) is 12.5. The molecule has 0 unspecified atom stereocenters. The topological polar surface area (TPSA) is 89.6 Å². The molecule has 2 aromatic heterocycles. The van der Waals surface area contributed by atoms with Gasteiger partial charge in [-0.25, -0.2) is 14.9 Å². The number of nitrogens with zero attached hydrogens (tertiary/aromatic N) is 3. The number of H-pyrrole nitrogens is 1. The van der Waals surface area contributed by atoms with Gasteiger partial charge in [0.2, 0.25) is 0 Å². The molecule has 108 valence electrons. The van der Waals surface area contributed by atoms with Crippen LogP contribution in [0.2, 0.25) is 0 Å². The van der Waals surface area contributed by atoms with Crippen LogP contribution >= 0.6 is 11.8 Å². The molecule has 0 bridgehead atoms. The van der Waals surface area contributed by atoms with E-state index in [2.05, 4.69) is 21.2 Å². The first-order valence-corrected chi connectivity index (χ1v) is 7.46. The molecule has 0 saturated heterocycles. The molecule has 3 N–H and O–H groups in total. The lowest BCUT2D eigenvalue weighted by Gasteiger charge is -2.07. The van der Waals surface area contributed by atoms with Crippen molar-refractivity contribution in [1.82, 2.24) is 19.7 Å². The second-order valence-corrected chi connectivity index (χ2v) is 5.53. The summed E-state index contributed by atoms with van der Waals surface area (Å²) in [5, 5.41) is 8.06. The number of nitrogens with one attached hydrogen (secondary N) is 1. The van der Waals surface area contributed by atoms with Gasteiger partial charge < -0.3 is 5.73 Å². The number of hydrogen-bond donors (Lipinski definition) is 2. The van der Waals surface area contributed by atoms with Gasteiger partial charge in [-0.05, 0) is 49.2 Å². The van der Waals surface area contributed by atoms with Crippen LogP contribution in [0.1, 0.15) is 24.5 Å². The quantitative estimate of drug-likeness (QED) is 0.839. The monoisotopic (exact) mass is 293 g/mol. The van der Waals surface area contributed by atoms with Gasteiger partial charge >= 0.3 is 5.69 Å². The number of rotatable bonds is 6. The molecule has 0 amide bonds. The highest BCUT2D eigenvalue weighted by atomic mass is 32.2. The second-order valence-electron chi connectivity index (χ2n) is 4.57. The van der Waals surface area contributed by atoms with Gasteiger partial charge in [-0.3, -0.25) is 4.57 Å². The molecule has 7 heteroatoms. The summed E-state index contributed by atoms with van der Waals surface area (Å²) in [6, 6.07) is 2.08. The standard InChI is InChI=1S/C13H19N5OS/c1-3-6-18-12(19)16-17-13(18)20-11-9(2)7-10(4-5-14)8-15-11/h7-8H,3-6,14H2,1-2H3,(H,16,19). The Morgan fingerprint density at radius 3 is 2.95 bits per heavy atom. The van der Waals surface area contributed by atoms with E-state index in [0.717, 1.165) is 29.0 Å². The number of pyridine rings is 1. The van der Waals surface area contributed by atoms with Crippen LogP contribution < -0.4 is 11.4 Å². The minimum absolute atomic E-state index is 0.174. The molecule has 0 radical (unpaired) electrons. The fourth-order valence-corrected chi connectivity index (χ4v) is 2.79. The highest BCUT2D eigenvalue weighted by molar-refractivity contribution is 7.99. The van der Waals surface area contributed by atoms with Crippen LogP contribution in [0.25, 0.3) is 0 Å². The predicted molar refractivity (Wildman–Crippen MR) is 79.0 cm³/mol. The van der Waals surface area contributed by atoms with Crippen molar-refractivity contribution in [2.75, 3.05) is 6.54 Å². The van der Waals surface area contributed by atoms with Gasteiger partial charge in [0.1, 0.15) is 5.03 Å². The second kappa shape index (κ2) is 6.71. The fraction of sp³-hybridized carbons (Fsp3) is 0.462. The Kier molecular flexibility index (Phi) is 4.97. The smallest absolute Gasteiger partial charge is 0.330 e. The van der Waals surface area contributed by atoms with Crippen molar-refractivity contribution in [3.63, 3.8) is 0 Å². The van der Waals surface area contributed by atoms with Crippen molar-refractivity contribution in [2.45, 2.75) is 43.4 Å². The van der Waals surface area contributed by atoms with E-state index >= 15 is 0 Å². The van der Waals surface area contributed by atoms with Crippen LogP contribution in [0, 0.1) is 6.92 Å². The van der Waals surface area contributed by atoms with Gasteiger partial charge in [-0.2, -0.15) is 0 Å². The van der Waals surface area contributed by atoms with Crippen molar-refractivity contribution in [3.05, 3.63) is 33.9 Å². The summed E-state index contributed by atoms with van der Waals surface area (Å²) in [5.41, 5.74) is 7.56. The molecule has 20 heavy (non-hydrogen) atoms. The summed E-state index contributed by atoms with van der Waals surface area (Å²) >= 11 is 1.41. The van der Waals surface area contributed by atoms with Crippen LogP contribution in [-0.2, 0) is 13.0 Å². The molecule has 0 spiro atoms. The maximum Gasteiger partial charge on any atom is 0.343 e. The van der Waals surface area contributed by atoms with Crippen molar-refractivity contribution >= 4 is 11.8 Å². The van der Waals surface area contributed by atoms with Crippen LogP contribution in [0.4, 0.5) is 0 Å². The number of aromatic nitrogens is 4. The number of nitrogens with two attached hydrogens (primary N) is 1. The first-order chi connectivity index (χ1) is 9.65.